The van der Waals surface area contributed by atoms with Crippen molar-refractivity contribution in [1.29, 1.82) is 0 Å². The third kappa shape index (κ3) is 8.06. The Balaban J connectivity index is 2.95. The van der Waals surface area contributed by atoms with Crippen LogP contribution in [0.1, 0.15) is 12.8 Å². The SMILES string of the molecule is COC(=O)CCCOCCI. The van der Waals surface area contributed by atoms with Crippen molar-refractivity contribution in [2.75, 3.05) is 24.8 Å². The summed E-state index contributed by atoms with van der Waals surface area (Å²) in [4.78, 5) is 10.6. The van der Waals surface area contributed by atoms with Crippen LogP contribution in [-0.4, -0.2) is 30.7 Å². The van der Waals surface area contributed by atoms with Gasteiger partial charge in [0.25, 0.3) is 0 Å². The Labute approximate surface area is 80.6 Å². The first kappa shape index (κ1) is 11.2. The van der Waals surface area contributed by atoms with Gasteiger partial charge in [0, 0.05) is 17.5 Å². The number of rotatable bonds is 6. The molecule has 66 valence electrons. The largest absolute Gasteiger partial charge is 0.469 e. The molecule has 0 saturated carbocycles. The number of esters is 1. The molecular weight excluding hydrogens is 259 g/mol. The molecule has 0 N–H and O–H groups in total. The summed E-state index contributed by atoms with van der Waals surface area (Å²) in [6, 6.07) is 0. The number of carbonyl (C=O) groups excluding carboxylic acids is 1. The Bertz CT molecular complexity index is 106. The molecule has 11 heavy (non-hydrogen) atoms. The summed E-state index contributed by atoms with van der Waals surface area (Å²) in [5, 5.41) is 0. The Morgan fingerprint density at radius 1 is 1.45 bits per heavy atom. The molecule has 0 atom stereocenters. The van der Waals surface area contributed by atoms with E-state index in [4.69, 9.17) is 4.74 Å². The fraction of sp³-hybridized carbons (Fsp3) is 0.857. The zero-order valence-corrected chi connectivity index (χ0v) is 8.80. The Hall–Kier alpha value is 0.160. The second-order valence-corrected chi connectivity index (χ2v) is 3.06. The van der Waals surface area contributed by atoms with Crippen molar-refractivity contribution in [3.63, 3.8) is 0 Å². The lowest BCUT2D eigenvalue weighted by Gasteiger charge is -2.00. The van der Waals surface area contributed by atoms with Crippen molar-refractivity contribution in [2.24, 2.45) is 0 Å². The lowest BCUT2D eigenvalue weighted by Crippen LogP contribution is -2.03. The summed E-state index contributed by atoms with van der Waals surface area (Å²) in [6.07, 6.45) is 1.21. The van der Waals surface area contributed by atoms with Gasteiger partial charge in [-0.1, -0.05) is 22.6 Å². The van der Waals surface area contributed by atoms with Crippen LogP contribution >= 0.6 is 22.6 Å². The van der Waals surface area contributed by atoms with Gasteiger partial charge in [-0.05, 0) is 6.42 Å². The first-order chi connectivity index (χ1) is 5.31. The number of carbonyl (C=O) groups is 1. The van der Waals surface area contributed by atoms with E-state index in [-0.39, 0.29) is 5.97 Å². The van der Waals surface area contributed by atoms with Gasteiger partial charge < -0.3 is 9.47 Å². The number of hydrogen-bond acceptors (Lipinski definition) is 3. The van der Waals surface area contributed by atoms with Crippen LogP contribution in [0.15, 0.2) is 0 Å². The van der Waals surface area contributed by atoms with Crippen LogP contribution in [0, 0.1) is 0 Å². The van der Waals surface area contributed by atoms with Crippen LogP contribution in [-0.2, 0) is 14.3 Å². The highest BCUT2D eigenvalue weighted by Gasteiger charge is 1.98. The first-order valence-corrected chi connectivity index (χ1v) is 5.04. The van der Waals surface area contributed by atoms with Crippen LogP contribution in [0.25, 0.3) is 0 Å². The van der Waals surface area contributed by atoms with Crippen molar-refractivity contribution >= 4 is 28.6 Å². The third-order valence-corrected chi connectivity index (χ3v) is 1.56. The molecule has 0 heterocycles. The van der Waals surface area contributed by atoms with Crippen LogP contribution < -0.4 is 0 Å². The van der Waals surface area contributed by atoms with Gasteiger partial charge in [0.1, 0.15) is 0 Å². The quantitative estimate of drug-likeness (QED) is 0.317. The van der Waals surface area contributed by atoms with Gasteiger partial charge in [-0.3, -0.25) is 4.79 Å². The van der Waals surface area contributed by atoms with Crippen molar-refractivity contribution < 1.29 is 14.3 Å². The summed E-state index contributed by atoms with van der Waals surface area (Å²) >= 11 is 2.24. The zero-order valence-electron chi connectivity index (χ0n) is 6.64. The van der Waals surface area contributed by atoms with E-state index in [2.05, 4.69) is 27.3 Å². The van der Waals surface area contributed by atoms with Crippen molar-refractivity contribution in [3.05, 3.63) is 0 Å². The molecule has 0 saturated heterocycles. The van der Waals surface area contributed by atoms with E-state index in [1.807, 2.05) is 0 Å². The summed E-state index contributed by atoms with van der Waals surface area (Å²) in [5.74, 6) is -0.164. The van der Waals surface area contributed by atoms with E-state index in [1.54, 1.807) is 0 Å². The molecule has 0 aromatic carbocycles. The van der Waals surface area contributed by atoms with Gasteiger partial charge in [-0.15, -0.1) is 0 Å². The van der Waals surface area contributed by atoms with E-state index in [0.29, 0.717) is 13.0 Å². The molecule has 0 aromatic heterocycles. The number of hydrogen-bond donors (Lipinski definition) is 0. The molecule has 0 aliphatic carbocycles. The standard InChI is InChI=1S/C7H13IO3/c1-10-7(9)3-2-5-11-6-4-8/h2-6H2,1H3. The average Bonchev–Trinajstić information content (AvgIpc) is 2.04. The minimum absolute atomic E-state index is 0.164. The molecule has 3 nitrogen and oxygen atoms in total. The van der Waals surface area contributed by atoms with Gasteiger partial charge in [0.15, 0.2) is 0 Å². The molecule has 0 amide bonds. The Morgan fingerprint density at radius 3 is 2.73 bits per heavy atom. The molecule has 0 aliphatic heterocycles. The number of methoxy groups -OCH3 is 1. The second kappa shape index (κ2) is 8.26. The summed E-state index contributed by atoms with van der Waals surface area (Å²) in [7, 11) is 1.40. The average molecular weight is 272 g/mol. The molecule has 4 heteroatoms. The van der Waals surface area contributed by atoms with E-state index < -0.39 is 0 Å². The lowest BCUT2D eigenvalue weighted by molar-refractivity contribution is -0.140. The zero-order chi connectivity index (χ0) is 8.53. The maximum absolute atomic E-state index is 10.6. The monoisotopic (exact) mass is 272 g/mol. The molecule has 0 aliphatic rings. The molecule has 0 unspecified atom stereocenters. The Kier molecular flexibility index (Phi) is 8.38. The fourth-order valence-corrected chi connectivity index (χ4v) is 0.889. The molecule has 0 radical (unpaired) electrons. The molecule has 0 spiro atoms. The predicted molar refractivity (Wildman–Crippen MR) is 51.0 cm³/mol. The summed E-state index contributed by atoms with van der Waals surface area (Å²) < 4.78 is 10.6. The van der Waals surface area contributed by atoms with Crippen molar-refractivity contribution in [2.45, 2.75) is 12.8 Å². The fourth-order valence-electron chi connectivity index (χ4n) is 0.577. The second-order valence-electron chi connectivity index (χ2n) is 1.98. The normalized spacial score (nSPS) is 9.64. The number of alkyl halides is 1. The highest BCUT2D eigenvalue weighted by Crippen LogP contribution is 1.93. The summed E-state index contributed by atoms with van der Waals surface area (Å²) in [5.41, 5.74) is 0. The summed E-state index contributed by atoms with van der Waals surface area (Å²) in [6.45, 7) is 1.42. The van der Waals surface area contributed by atoms with Gasteiger partial charge in [-0.25, -0.2) is 0 Å². The van der Waals surface area contributed by atoms with Crippen molar-refractivity contribution in [3.8, 4) is 0 Å². The number of halogens is 1. The van der Waals surface area contributed by atoms with E-state index in [9.17, 15) is 4.79 Å². The molecular formula is C7H13IO3. The van der Waals surface area contributed by atoms with Gasteiger partial charge >= 0.3 is 5.97 Å². The van der Waals surface area contributed by atoms with E-state index in [0.717, 1.165) is 17.5 Å². The maximum Gasteiger partial charge on any atom is 0.305 e. The first-order valence-electron chi connectivity index (χ1n) is 3.51. The molecule has 0 aromatic rings. The minimum Gasteiger partial charge on any atom is -0.469 e. The van der Waals surface area contributed by atoms with Crippen LogP contribution in [0.5, 0.6) is 0 Å². The van der Waals surface area contributed by atoms with Gasteiger partial charge in [-0.2, -0.15) is 0 Å². The topological polar surface area (TPSA) is 35.5 Å². The smallest absolute Gasteiger partial charge is 0.305 e. The Morgan fingerprint density at radius 2 is 2.18 bits per heavy atom. The highest BCUT2D eigenvalue weighted by molar-refractivity contribution is 14.1. The molecule has 0 fully saturated rings. The van der Waals surface area contributed by atoms with Crippen LogP contribution in [0.3, 0.4) is 0 Å². The van der Waals surface area contributed by atoms with Gasteiger partial charge in [0.2, 0.25) is 0 Å². The lowest BCUT2D eigenvalue weighted by atomic mass is 10.3. The maximum atomic E-state index is 10.6. The van der Waals surface area contributed by atoms with E-state index in [1.165, 1.54) is 7.11 Å². The van der Waals surface area contributed by atoms with Crippen molar-refractivity contribution in [1.82, 2.24) is 0 Å². The minimum atomic E-state index is -0.164. The number of ether oxygens (including phenoxy) is 2. The highest BCUT2D eigenvalue weighted by atomic mass is 127. The predicted octanol–water partition coefficient (Wildman–Crippen LogP) is 1.39. The third-order valence-electron chi connectivity index (χ3n) is 1.12. The molecule has 0 bridgehead atoms. The van der Waals surface area contributed by atoms with E-state index >= 15 is 0 Å². The molecule has 0 rings (SSSR count). The van der Waals surface area contributed by atoms with Gasteiger partial charge in [0.05, 0.1) is 13.7 Å². The van der Waals surface area contributed by atoms with Crippen LogP contribution in [0.4, 0.5) is 0 Å². The van der Waals surface area contributed by atoms with Crippen LogP contribution in [0.2, 0.25) is 0 Å².